The summed E-state index contributed by atoms with van der Waals surface area (Å²) in [5, 5.41) is 0. The van der Waals surface area contributed by atoms with Gasteiger partial charge in [-0.05, 0) is 28.2 Å². The Bertz CT molecular complexity index is 483. The average Bonchev–Trinajstić information content (AvgIpc) is 2.39. The number of benzene rings is 2. The smallest absolute Gasteiger partial charge is 0.0178 e. The van der Waals surface area contributed by atoms with Crippen LogP contribution in [0.5, 0.6) is 0 Å². The molecule has 1 nitrogen and oxygen atoms in total. The largest absolute Gasteiger partial charge is 0.326 e. The molecule has 0 bridgehead atoms. The first-order valence-corrected chi connectivity index (χ1v) is 6.10. The van der Waals surface area contributed by atoms with Crippen molar-refractivity contribution in [1.82, 2.24) is 0 Å². The minimum absolute atomic E-state index is 0.542. The molecule has 2 N–H and O–H groups in total. The van der Waals surface area contributed by atoms with E-state index >= 15 is 0 Å². The van der Waals surface area contributed by atoms with Crippen molar-refractivity contribution in [3.05, 3.63) is 59.7 Å². The number of hydrogen-bond acceptors (Lipinski definition) is 1. The van der Waals surface area contributed by atoms with Crippen molar-refractivity contribution in [1.29, 1.82) is 0 Å². The Labute approximate surface area is 103 Å². The average molecular weight is 225 g/mol. The highest BCUT2D eigenvalue weighted by molar-refractivity contribution is 5.68. The lowest BCUT2D eigenvalue weighted by atomic mass is 9.92. The van der Waals surface area contributed by atoms with Gasteiger partial charge in [0.25, 0.3) is 0 Å². The minimum atomic E-state index is 0.542. The lowest BCUT2D eigenvalue weighted by molar-refractivity contribution is 0.869. The van der Waals surface area contributed by atoms with Gasteiger partial charge in [0.2, 0.25) is 0 Å². The number of rotatable bonds is 3. The summed E-state index contributed by atoms with van der Waals surface area (Å²) in [6.07, 6.45) is 0. The maximum Gasteiger partial charge on any atom is 0.0178 e. The highest BCUT2D eigenvalue weighted by atomic mass is 14.5. The summed E-state index contributed by atoms with van der Waals surface area (Å²) in [5.41, 5.74) is 10.8. The van der Waals surface area contributed by atoms with Gasteiger partial charge < -0.3 is 5.73 Å². The number of hydrogen-bond donors (Lipinski definition) is 1. The van der Waals surface area contributed by atoms with Crippen LogP contribution in [0.15, 0.2) is 48.5 Å². The van der Waals surface area contributed by atoms with Crippen LogP contribution in [0.3, 0.4) is 0 Å². The van der Waals surface area contributed by atoms with E-state index in [0.717, 1.165) is 0 Å². The van der Waals surface area contributed by atoms with Crippen LogP contribution in [0, 0.1) is 0 Å². The molecule has 0 aromatic heterocycles. The van der Waals surface area contributed by atoms with Gasteiger partial charge in [0, 0.05) is 6.54 Å². The van der Waals surface area contributed by atoms with Crippen molar-refractivity contribution in [3.63, 3.8) is 0 Å². The zero-order chi connectivity index (χ0) is 12.3. The van der Waals surface area contributed by atoms with Gasteiger partial charge in [-0.1, -0.05) is 62.4 Å². The van der Waals surface area contributed by atoms with Crippen LogP contribution < -0.4 is 5.73 Å². The molecule has 0 spiro atoms. The van der Waals surface area contributed by atoms with E-state index in [0.29, 0.717) is 12.5 Å². The molecule has 0 saturated heterocycles. The maximum atomic E-state index is 5.62. The molecule has 0 amide bonds. The summed E-state index contributed by atoms with van der Waals surface area (Å²) in [6, 6.07) is 17.1. The van der Waals surface area contributed by atoms with Crippen LogP contribution in [-0.2, 0) is 6.54 Å². The quantitative estimate of drug-likeness (QED) is 0.841. The van der Waals surface area contributed by atoms with Gasteiger partial charge >= 0.3 is 0 Å². The van der Waals surface area contributed by atoms with E-state index in [2.05, 4.69) is 62.4 Å². The lowest BCUT2D eigenvalue weighted by Gasteiger charge is -2.13. The molecule has 0 radical (unpaired) electrons. The Kier molecular flexibility index (Phi) is 3.60. The fourth-order valence-corrected chi connectivity index (χ4v) is 2.08. The Hall–Kier alpha value is -1.60. The molecule has 88 valence electrons. The van der Waals surface area contributed by atoms with Crippen LogP contribution in [0.25, 0.3) is 11.1 Å². The van der Waals surface area contributed by atoms with E-state index < -0.39 is 0 Å². The summed E-state index contributed by atoms with van der Waals surface area (Å²) >= 11 is 0. The third-order valence-corrected chi connectivity index (χ3v) is 3.08. The topological polar surface area (TPSA) is 26.0 Å². The van der Waals surface area contributed by atoms with Crippen molar-refractivity contribution in [2.45, 2.75) is 26.3 Å². The summed E-state index contributed by atoms with van der Waals surface area (Å²) in [7, 11) is 0. The Balaban J connectivity index is 2.45. The molecule has 17 heavy (non-hydrogen) atoms. The maximum absolute atomic E-state index is 5.62. The van der Waals surface area contributed by atoms with E-state index in [1.165, 1.54) is 22.3 Å². The molecule has 1 heteroatoms. The van der Waals surface area contributed by atoms with Crippen molar-refractivity contribution in [3.8, 4) is 11.1 Å². The fraction of sp³-hybridized carbons (Fsp3) is 0.250. The second-order valence-corrected chi connectivity index (χ2v) is 4.64. The normalized spacial score (nSPS) is 10.8. The van der Waals surface area contributed by atoms with Crippen molar-refractivity contribution < 1.29 is 0 Å². The summed E-state index contributed by atoms with van der Waals surface area (Å²) in [5.74, 6) is 0.542. The molecule has 0 saturated carbocycles. The van der Waals surface area contributed by atoms with Crippen LogP contribution in [0.1, 0.15) is 30.9 Å². The second kappa shape index (κ2) is 5.15. The van der Waals surface area contributed by atoms with Crippen LogP contribution in [-0.4, -0.2) is 0 Å². The van der Waals surface area contributed by atoms with E-state index in [4.69, 9.17) is 5.73 Å². The lowest BCUT2D eigenvalue weighted by Crippen LogP contribution is -1.96. The molecule has 2 rings (SSSR count). The molecule has 0 unspecified atom stereocenters. The van der Waals surface area contributed by atoms with Crippen LogP contribution in [0.4, 0.5) is 0 Å². The fourth-order valence-electron chi connectivity index (χ4n) is 2.08. The van der Waals surface area contributed by atoms with Gasteiger partial charge in [0.05, 0.1) is 0 Å². The molecule has 2 aromatic rings. The minimum Gasteiger partial charge on any atom is -0.326 e. The highest BCUT2D eigenvalue weighted by Gasteiger charge is 2.07. The number of nitrogens with two attached hydrogens (primary N) is 1. The Morgan fingerprint density at radius 1 is 0.941 bits per heavy atom. The molecule has 0 heterocycles. The van der Waals surface area contributed by atoms with E-state index in [1.807, 2.05) is 0 Å². The van der Waals surface area contributed by atoms with Gasteiger partial charge in [0.1, 0.15) is 0 Å². The first-order valence-electron chi connectivity index (χ1n) is 6.10. The van der Waals surface area contributed by atoms with E-state index in [-0.39, 0.29) is 0 Å². The predicted molar refractivity (Wildman–Crippen MR) is 73.9 cm³/mol. The molecule has 0 fully saturated rings. The van der Waals surface area contributed by atoms with Gasteiger partial charge in [0.15, 0.2) is 0 Å². The Morgan fingerprint density at radius 3 is 2.18 bits per heavy atom. The first-order chi connectivity index (χ1) is 8.22. The van der Waals surface area contributed by atoms with Crippen LogP contribution >= 0.6 is 0 Å². The van der Waals surface area contributed by atoms with Gasteiger partial charge in [-0.3, -0.25) is 0 Å². The molecule has 0 atom stereocenters. The third-order valence-electron chi connectivity index (χ3n) is 3.08. The van der Waals surface area contributed by atoms with Gasteiger partial charge in [-0.15, -0.1) is 0 Å². The highest BCUT2D eigenvalue weighted by Crippen LogP contribution is 2.28. The molecule has 0 aliphatic carbocycles. The Morgan fingerprint density at radius 2 is 1.59 bits per heavy atom. The van der Waals surface area contributed by atoms with E-state index in [9.17, 15) is 0 Å². The van der Waals surface area contributed by atoms with Crippen molar-refractivity contribution >= 4 is 0 Å². The van der Waals surface area contributed by atoms with Gasteiger partial charge in [-0.25, -0.2) is 0 Å². The SMILES string of the molecule is CC(C)c1ccccc1-c1ccc(CN)cc1. The molecule has 0 aliphatic rings. The molecule has 0 aliphatic heterocycles. The zero-order valence-electron chi connectivity index (χ0n) is 10.5. The van der Waals surface area contributed by atoms with Crippen LogP contribution in [0.2, 0.25) is 0 Å². The molecule has 2 aromatic carbocycles. The summed E-state index contributed by atoms with van der Waals surface area (Å²) < 4.78 is 0. The summed E-state index contributed by atoms with van der Waals surface area (Å²) in [6.45, 7) is 5.06. The molecular weight excluding hydrogens is 206 g/mol. The van der Waals surface area contributed by atoms with E-state index in [1.54, 1.807) is 0 Å². The monoisotopic (exact) mass is 225 g/mol. The first kappa shape index (κ1) is 11.9. The van der Waals surface area contributed by atoms with Crippen molar-refractivity contribution in [2.75, 3.05) is 0 Å². The summed E-state index contributed by atoms with van der Waals surface area (Å²) in [4.78, 5) is 0. The van der Waals surface area contributed by atoms with Crippen molar-refractivity contribution in [2.24, 2.45) is 5.73 Å². The standard InChI is InChI=1S/C16H19N/c1-12(2)15-5-3-4-6-16(15)14-9-7-13(11-17)8-10-14/h3-10,12H,11,17H2,1-2H3. The third kappa shape index (κ3) is 2.56. The molecular formula is C16H19N. The second-order valence-electron chi connectivity index (χ2n) is 4.64. The predicted octanol–water partition coefficient (Wildman–Crippen LogP) is 3.94. The van der Waals surface area contributed by atoms with Gasteiger partial charge in [-0.2, -0.15) is 0 Å². The zero-order valence-corrected chi connectivity index (χ0v) is 10.5.